The van der Waals surface area contributed by atoms with Crippen LogP contribution in [0.15, 0.2) is 11.4 Å². The number of methoxy groups -OCH3 is 1. The summed E-state index contributed by atoms with van der Waals surface area (Å²) in [6, 6.07) is 1.44. The van der Waals surface area contributed by atoms with Crippen LogP contribution in [0.25, 0.3) is 0 Å². The van der Waals surface area contributed by atoms with E-state index in [1.54, 1.807) is 12.0 Å². The van der Waals surface area contributed by atoms with Crippen molar-refractivity contribution in [1.29, 1.82) is 0 Å². The van der Waals surface area contributed by atoms with Crippen molar-refractivity contribution in [3.8, 4) is 0 Å². The van der Waals surface area contributed by atoms with E-state index in [4.69, 9.17) is 14.6 Å². The molecular weight excluding hydrogens is 282 g/mol. The quantitative estimate of drug-likeness (QED) is 0.884. The largest absolute Gasteiger partial charge is 0.481 e. The van der Waals surface area contributed by atoms with E-state index in [0.717, 1.165) is 5.56 Å². The molecule has 1 aliphatic rings. The van der Waals surface area contributed by atoms with Gasteiger partial charge in [0.25, 0.3) is 5.91 Å². The highest BCUT2D eigenvalue weighted by Gasteiger charge is 2.31. The summed E-state index contributed by atoms with van der Waals surface area (Å²) in [6.07, 6.45) is -0.100. The van der Waals surface area contributed by atoms with E-state index >= 15 is 0 Å². The number of hydrogen-bond donors (Lipinski definition) is 1. The molecule has 1 atom stereocenters. The number of rotatable bonds is 5. The van der Waals surface area contributed by atoms with E-state index in [1.807, 2.05) is 11.4 Å². The fourth-order valence-electron chi connectivity index (χ4n) is 2.22. The van der Waals surface area contributed by atoms with Gasteiger partial charge >= 0.3 is 5.97 Å². The van der Waals surface area contributed by atoms with Crippen molar-refractivity contribution in [3.63, 3.8) is 0 Å². The van der Waals surface area contributed by atoms with Crippen LogP contribution in [0.2, 0.25) is 0 Å². The predicted octanol–water partition coefficient (Wildman–Crippen LogP) is 1.21. The van der Waals surface area contributed by atoms with Crippen molar-refractivity contribution in [3.05, 3.63) is 21.9 Å². The minimum Gasteiger partial charge on any atom is -0.481 e. The van der Waals surface area contributed by atoms with Gasteiger partial charge in [0.15, 0.2) is 0 Å². The molecule has 1 unspecified atom stereocenters. The molecule has 1 amide bonds. The fraction of sp³-hybridized carbons (Fsp3) is 0.538. The molecule has 1 aromatic heterocycles. The third-order valence-corrected chi connectivity index (χ3v) is 4.08. The number of hydrogen-bond acceptors (Lipinski definition) is 5. The smallest absolute Gasteiger partial charge is 0.305 e. The molecular formula is C13H17NO5S. The molecule has 1 N–H and O–H groups in total. The Balaban J connectivity index is 2.16. The first-order valence-corrected chi connectivity index (χ1v) is 7.17. The number of ether oxygens (including phenoxy) is 2. The Kier molecular flexibility index (Phi) is 5.11. The standard InChI is InChI=1S/C13H17NO5S/c1-18-7-9-2-5-20-12(9)13(17)14-3-4-19-8-10(14)6-11(15)16/h2,5,10H,3-4,6-8H2,1H3,(H,15,16). The molecule has 1 aliphatic heterocycles. The normalized spacial score (nSPS) is 19.1. The zero-order chi connectivity index (χ0) is 14.5. The van der Waals surface area contributed by atoms with Gasteiger partial charge in [-0.15, -0.1) is 11.3 Å². The average molecular weight is 299 g/mol. The number of thiophene rings is 1. The third-order valence-electron chi connectivity index (χ3n) is 3.14. The van der Waals surface area contributed by atoms with Crippen LogP contribution in [-0.4, -0.2) is 54.8 Å². The Hall–Kier alpha value is -1.44. The van der Waals surface area contributed by atoms with E-state index < -0.39 is 12.0 Å². The molecule has 0 bridgehead atoms. The summed E-state index contributed by atoms with van der Waals surface area (Å²) in [6.45, 7) is 1.50. The van der Waals surface area contributed by atoms with Crippen LogP contribution < -0.4 is 0 Å². The second-order valence-corrected chi connectivity index (χ2v) is 5.45. The predicted molar refractivity (Wildman–Crippen MR) is 72.9 cm³/mol. The number of carboxylic acid groups (broad SMARTS) is 1. The van der Waals surface area contributed by atoms with E-state index in [-0.39, 0.29) is 18.9 Å². The summed E-state index contributed by atoms with van der Waals surface area (Å²) in [4.78, 5) is 25.7. The summed E-state index contributed by atoms with van der Waals surface area (Å²) < 4.78 is 10.4. The molecule has 0 saturated carbocycles. The minimum absolute atomic E-state index is 0.100. The molecule has 1 saturated heterocycles. The Bertz CT molecular complexity index is 487. The fourth-order valence-corrected chi connectivity index (χ4v) is 3.08. The summed E-state index contributed by atoms with van der Waals surface area (Å²) in [5, 5.41) is 10.8. The molecule has 110 valence electrons. The van der Waals surface area contributed by atoms with Crippen molar-refractivity contribution < 1.29 is 24.2 Å². The maximum absolute atomic E-state index is 12.6. The van der Waals surface area contributed by atoms with Gasteiger partial charge in [-0.05, 0) is 11.4 Å². The van der Waals surface area contributed by atoms with Gasteiger partial charge in [0.2, 0.25) is 0 Å². The van der Waals surface area contributed by atoms with Crippen LogP contribution >= 0.6 is 11.3 Å². The van der Waals surface area contributed by atoms with Crippen LogP contribution in [0.3, 0.4) is 0 Å². The van der Waals surface area contributed by atoms with Crippen molar-refractivity contribution >= 4 is 23.2 Å². The van der Waals surface area contributed by atoms with Gasteiger partial charge in [-0.3, -0.25) is 9.59 Å². The third kappa shape index (κ3) is 3.36. The topological polar surface area (TPSA) is 76.1 Å². The average Bonchev–Trinajstić information content (AvgIpc) is 2.86. The van der Waals surface area contributed by atoms with E-state index in [2.05, 4.69) is 0 Å². The Morgan fingerprint density at radius 1 is 1.60 bits per heavy atom. The first-order chi connectivity index (χ1) is 9.63. The van der Waals surface area contributed by atoms with Crippen molar-refractivity contribution in [2.75, 3.05) is 26.9 Å². The highest BCUT2D eigenvalue weighted by atomic mass is 32.1. The lowest BCUT2D eigenvalue weighted by Crippen LogP contribution is -2.49. The molecule has 2 rings (SSSR count). The van der Waals surface area contributed by atoms with Gasteiger partial charge in [-0.25, -0.2) is 0 Å². The van der Waals surface area contributed by atoms with Crippen LogP contribution in [0, 0.1) is 0 Å². The Morgan fingerprint density at radius 2 is 2.40 bits per heavy atom. The van der Waals surface area contributed by atoms with Gasteiger partial charge in [0, 0.05) is 19.2 Å². The lowest BCUT2D eigenvalue weighted by atomic mass is 10.1. The van der Waals surface area contributed by atoms with Crippen molar-refractivity contribution in [1.82, 2.24) is 4.90 Å². The molecule has 0 radical (unpaired) electrons. The van der Waals surface area contributed by atoms with Gasteiger partial charge in [0.05, 0.1) is 37.2 Å². The van der Waals surface area contributed by atoms with Gasteiger partial charge in [0.1, 0.15) is 0 Å². The summed E-state index contributed by atoms with van der Waals surface area (Å²) in [5.74, 6) is -1.07. The van der Waals surface area contributed by atoms with Crippen molar-refractivity contribution in [2.24, 2.45) is 0 Å². The molecule has 0 spiro atoms. The first kappa shape index (κ1) is 15.0. The lowest BCUT2D eigenvalue weighted by Gasteiger charge is -2.34. The van der Waals surface area contributed by atoms with Crippen LogP contribution in [-0.2, 0) is 20.9 Å². The molecule has 7 heteroatoms. The second-order valence-electron chi connectivity index (χ2n) is 4.53. The number of carbonyl (C=O) groups excluding carboxylic acids is 1. The SMILES string of the molecule is COCc1ccsc1C(=O)N1CCOCC1CC(=O)O. The Morgan fingerprint density at radius 3 is 3.10 bits per heavy atom. The minimum atomic E-state index is -0.929. The highest BCUT2D eigenvalue weighted by molar-refractivity contribution is 7.12. The number of carbonyl (C=O) groups is 2. The van der Waals surface area contributed by atoms with E-state index in [9.17, 15) is 9.59 Å². The summed E-state index contributed by atoms with van der Waals surface area (Å²) in [7, 11) is 1.58. The number of nitrogens with zero attached hydrogens (tertiary/aromatic N) is 1. The maximum atomic E-state index is 12.6. The van der Waals surface area contributed by atoms with Gasteiger partial charge in [-0.2, -0.15) is 0 Å². The highest BCUT2D eigenvalue weighted by Crippen LogP contribution is 2.23. The molecule has 0 aromatic carbocycles. The summed E-state index contributed by atoms with van der Waals surface area (Å²) in [5.41, 5.74) is 0.836. The summed E-state index contributed by atoms with van der Waals surface area (Å²) >= 11 is 1.35. The second kappa shape index (κ2) is 6.83. The van der Waals surface area contributed by atoms with Crippen molar-refractivity contribution in [2.45, 2.75) is 19.1 Å². The molecule has 2 heterocycles. The number of aliphatic carboxylic acids is 1. The van der Waals surface area contributed by atoms with Crippen LogP contribution in [0.4, 0.5) is 0 Å². The van der Waals surface area contributed by atoms with Crippen LogP contribution in [0.1, 0.15) is 21.7 Å². The van der Waals surface area contributed by atoms with Gasteiger partial charge in [-0.1, -0.05) is 0 Å². The molecule has 1 fully saturated rings. The molecule has 0 aliphatic carbocycles. The lowest BCUT2D eigenvalue weighted by molar-refractivity contribution is -0.139. The zero-order valence-corrected chi connectivity index (χ0v) is 12.0. The molecule has 1 aromatic rings. The molecule has 20 heavy (non-hydrogen) atoms. The maximum Gasteiger partial charge on any atom is 0.305 e. The zero-order valence-electron chi connectivity index (χ0n) is 11.2. The first-order valence-electron chi connectivity index (χ1n) is 6.29. The number of amides is 1. The van der Waals surface area contributed by atoms with E-state index in [0.29, 0.717) is 24.6 Å². The number of morpholine rings is 1. The number of carboxylic acids is 1. The Labute approximate surface area is 120 Å². The van der Waals surface area contributed by atoms with Gasteiger partial charge < -0.3 is 19.5 Å². The molecule has 6 nitrogen and oxygen atoms in total. The monoisotopic (exact) mass is 299 g/mol. The van der Waals surface area contributed by atoms with E-state index in [1.165, 1.54) is 11.3 Å². The van der Waals surface area contributed by atoms with Crippen LogP contribution in [0.5, 0.6) is 0 Å².